The van der Waals surface area contributed by atoms with E-state index in [0.29, 0.717) is 28.4 Å². The van der Waals surface area contributed by atoms with E-state index in [0.717, 1.165) is 36.7 Å². The number of methoxy groups -OCH3 is 1. The van der Waals surface area contributed by atoms with Crippen molar-refractivity contribution >= 4 is 28.5 Å². The first-order valence-electron chi connectivity index (χ1n) is 9.11. The van der Waals surface area contributed by atoms with Crippen LogP contribution >= 0.6 is 11.3 Å². The third kappa shape index (κ3) is 4.06. The number of carbonyl (C=O) groups is 2. The van der Waals surface area contributed by atoms with Crippen LogP contribution in [-0.4, -0.2) is 26.4 Å². The Morgan fingerprint density at radius 2 is 2.15 bits per heavy atom. The van der Waals surface area contributed by atoms with Gasteiger partial charge in [0, 0.05) is 17.0 Å². The van der Waals surface area contributed by atoms with E-state index in [1.807, 2.05) is 19.2 Å². The number of nitrogens with one attached hydrogen (secondary N) is 2. The topological polar surface area (TPSA) is 67.4 Å². The van der Waals surface area contributed by atoms with E-state index in [-0.39, 0.29) is 11.3 Å². The van der Waals surface area contributed by atoms with Gasteiger partial charge in [0.1, 0.15) is 10.8 Å². The van der Waals surface area contributed by atoms with Gasteiger partial charge in [0.15, 0.2) is 6.29 Å². The minimum Gasteiger partial charge on any atom is -0.497 e. The van der Waals surface area contributed by atoms with Crippen LogP contribution in [0.2, 0.25) is 0 Å². The van der Waals surface area contributed by atoms with Crippen molar-refractivity contribution in [1.82, 2.24) is 5.32 Å². The monoisotopic (exact) mass is 386 g/mol. The Kier molecular flexibility index (Phi) is 5.67. The van der Waals surface area contributed by atoms with E-state index in [9.17, 15) is 9.59 Å². The Labute approximate surface area is 164 Å². The van der Waals surface area contributed by atoms with Crippen LogP contribution in [0.25, 0.3) is 0 Å². The lowest BCUT2D eigenvalue weighted by Crippen LogP contribution is -2.21. The smallest absolute Gasteiger partial charge is 0.256 e. The minimum absolute atomic E-state index is 0.180. The van der Waals surface area contributed by atoms with Gasteiger partial charge in [-0.25, -0.2) is 0 Å². The molecule has 0 unspecified atom stereocenters. The number of fused-ring (bicyclic) bond motifs is 1. The first-order chi connectivity index (χ1) is 12.9. The number of thiophene rings is 1. The molecule has 1 aliphatic rings. The van der Waals surface area contributed by atoms with Crippen LogP contribution in [0.3, 0.4) is 0 Å². The number of hydrogen-bond donors (Lipinski definition) is 2. The molecule has 0 saturated carbocycles. The molecule has 0 bridgehead atoms. The third-order valence-corrected chi connectivity index (χ3v) is 6.31. The van der Waals surface area contributed by atoms with E-state index in [1.165, 1.54) is 16.2 Å². The molecule has 0 spiro atoms. The Morgan fingerprint density at radius 3 is 2.81 bits per heavy atom. The first-order valence-corrected chi connectivity index (χ1v) is 9.92. The molecule has 0 saturated heterocycles. The molecule has 5 nitrogen and oxygen atoms in total. The van der Waals surface area contributed by atoms with Crippen molar-refractivity contribution in [3.63, 3.8) is 0 Å². The van der Waals surface area contributed by atoms with Crippen molar-refractivity contribution in [2.24, 2.45) is 5.41 Å². The summed E-state index contributed by atoms with van der Waals surface area (Å²) in [6, 6.07) is 5.46. The number of rotatable bonds is 6. The lowest BCUT2D eigenvalue weighted by atomic mass is 9.76. The van der Waals surface area contributed by atoms with Gasteiger partial charge in [-0.3, -0.25) is 9.59 Å². The van der Waals surface area contributed by atoms with Crippen LogP contribution in [0.5, 0.6) is 5.75 Å². The summed E-state index contributed by atoms with van der Waals surface area (Å²) in [5.41, 5.74) is 3.34. The number of aldehydes is 1. The standard InChI is InChI=1S/C21H26N2O3S/c1-21(2)8-7-18-16(10-21)17(12-24)20(27-18)23-19(25)15-9-14(26-4)6-5-13(15)11-22-3/h5-6,9,12,22H,7-8,10-11H2,1-4H3,(H,23,25). The summed E-state index contributed by atoms with van der Waals surface area (Å²) in [4.78, 5) is 26.0. The van der Waals surface area contributed by atoms with Crippen molar-refractivity contribution < 1.29 is 14.3 Å². The van der Waals surface area contributed by atoms with Gasteiger partial charge < -0.3 is 15.4 Å². The van der Waals surface area contributed by atoms with Gasteiger partial charge in [-0.15, -0.1) is 11.3 Å². The zero-order chi connectivity index (χ0) is 19.6. The zero-order valence-corrected chi connectivity index (χ0v) is 17.1. The second kappa shape index (κ2) is 7.82. The van der Waals surface area contributed by atoms with Gasteiger partial charge in [-0.2, -0.15) is 0 Å². The van der Waals surface area contributed by atoms with Crippen molar-refractivity contribution in [3.8, 4) is 5.75 Å². The van der Waals surface area contributed by atoms with Crippen molar-refractivity contribution in [2.75, 3.05) is 19.5 Å². The quantitative estimate of drug-likeness (QED) is 0.735. The second-order valence-corrected chi connectivity index (χ2v) is 8.82. The summed E-state index contributed by atoms with van der Waals surface area (Å²) >= 11 is 1.53. The van der Waals surface area contributed by atoms with Crippen LogP contribution in [0.1, 0.15) is 57.0 Å². The van der Waals surface area contributed by atoms with Gasteiger partial charge in [0.05, 0.1) is 12.7 Å². The number of ether oxygens (including phenoxy) is 1. The normalized spacial score (nSPS) is 15.1. The summed E-state index contributed by atoms with van der Waals surface area (Å²) in [6.45, 7) is 5.02. The lowest BCUT2D eigenvalue weighted by Gasteiger charge is -2.29. The molecule has 1 aromatic carbocycles. The Morgan fingerprint density at radius 1 is 1.37 bits per heavy atom. The van der Waals surface area contributed by atoms with Crippen LogP contribution in [0, 0.1) is 5.41 Å². The van der Waals surface area contributed by atoms with Crippen molar-refractivity contribution in [2.45, 2.75) is 39.7 Å². The van der Waals surface area contributed by atoms with Gasteiger partial charge in [-0.1, -0.05) is 19.9 Å². The summed E-state index contributed by atoms with van der Waals surface area (Å²) in [7, 11) is 3.42. The molecule has 27 heavy (non-hydrogen) atoms. The summed E-state index contributed by atoms with van der Waals surface area (Å²) in [5, 5.41) is 6.70. The first kappa shape index (κ1) is 19.6. The Hall–Kier alpha value is -2.18. The maximum Gasteiger partial charge on any atom is 0.256 e. The maximum atomic E-state index is 13.0. The molecule has 2 aromatic rings. The number of amides is 1. The number of aryl methyl sites for hydroxylation is 1. The molecule has 0 atom stereocenters. The highest BCUT2D eigenvalue weighted by molar-refractivity contribution is 7.17. The van der Waals surface area contributed by atoms with Crippen LogP contribution in [-0.2, 0) is 19.4 Å². The molecule has 0 radical (unpaired) electrons. The van der Waals surface area contributed by atoms with E-state index >= 15 is 0 Å². The number of anilines is 1. The Bertz CT molecular complexity index is 871. The highest BCUT2D eigenvalue weighted by Crippen LogP contribution is 2.43. The molecule has 6 heteroatoms. The molecule has 1 aromatic heterocycles. The highest BCUT2D eigenvalue weighted by atomic mass is 32.1. The average molecular weight is 387 g/mol. The van der Waals surface area contributed by atoms with Gasteiger partial charge in [0.2, 0.25) is 0 Å². The van der Waals surface area contributed by atoms with Crippen LogP contribution in [0.15, 0.2) is 18.2 Å². The predicted octanol–water partition coefficient (Wildman–Crippen LogP) is 4.06. The second-order valence-electron chi connectivity index (χ2n) is 7.71. The molecule has 0 aliphatic heterocycles. The fourth-order valence-corrected chi connectivity index (χ4v) is 4.75. The number of benzene rings is 1. The maximum absolute atomic E-state index is 13.0. The predicted molar refractivity (Wildman–Crippen MR) is 109 cm³/mol. The van der Waals surface area contributed by atoms with E-state index < -0.39 is 0 Å². The number of hydrogen-bond acceptors (Lipinski definition) is 5. The summed E-state index contributed by atoms with van der Waals surface area (Å²) in [6.07, 6.45) is 3.79. The molecular formula is C21H26N2O3S. The lowest BCUT2D eigenvalue weighted by molar-refractivity contribution is 0.102. The van der Waals surface area contributed by atoms with Crippen molar-refractivity contribution in [3.05, 3.63) is 45.3 Å². The van der Waals surface area contributed by atoms with Gasteiger partial charge >= 0.3 is 0 Å². The molecule has 0 fully saturated rings. The Balaban J connectivity index is 1.93. The average Bonchev–Trinajstić information content (AvgIpc) is 2.97. The largest absolute Gasteiger partial charge is 0.497 e. The van der Waals surface area contributed by atoms with Crippen LogP contribution < -0.4 is 15.4 Å². The molecule has 2 N–H and O–H groups in total. The molecule has 1 amide bonds. The minimum atomic E-state index is -0.222. The number of carbonyl (C=O) groups excluding carboxylic acids is 2. The fraction of sp³-hybridized carbons (Fsp3) is 0.429. The van der Waals surface area contributed by atoms with Crippen LogP contribution in [0.4, 0.5) is 5.00 Å². The molecule has 3 rings (SSSR count). The fourth-order valence-electron chi connectivity index (χ4n) is 3.57. The highest BCUT2D eigenvalue weighted by Gasteiger charge is 2.30. The summed E-state index contributed by atoms with van der Waals surface area (Å²) in [5.74, 6) is 0.406. The van der Waals surface area contributed by atoms with E-state index in [2.05, 4.69) is 24.5 Å². The molecule has 1 heterocycles. The van der Waals surface area contributed by atoms with Gasteiger partial charge in [-0.05, 0) is 55.0 Å². The summed E-state index contributed by atoms with van der Waals surface area (Å²) < 4.78 is 5.27. The molecular weight excluding hydrogens is 360 g/mol. The van der Waals surface area contributed by atoms with Gasteiger partial charge in [0.25, 0.3) is 5.91 Å². The van der Waals surface area contributed by atoms with E-state index in [4.69, 9.17) is 4.74 Å². The van der Waals surface area contributed by atoms with E-state index in [1.54, 1.807) is 13.2 Å². The SMILES string of the molecule is CNCc1ccc(OC)cc1C(=O)Nc1sc2c(c1C=O)CC(C)(C)CC2. The van der Waals surface area contributed by atoms with Crippen molar-refractivity contribution in [1.29, 1.82) is 0 Å². The molecule has 1 aliphatic carbocycles. The third-order valence-electron chi connectivity index (χ3n) is 5.09. The zero-order valence-electron chi connectivity index (χ0n) is 16.3. The molecule has 144 valence electrons.